The lowest BCUT2D eigenvalue weighted by atomic mass is 10.1. The van der Waals surface area contributed by atoms with Crippen LogP contribution in [0.2, 0.25) is 0 Å². The number of hydrogen-bond donors (Lipinski definition) is 2. The molecular formula is C24H30N4O3. The third-order valence-corrected chi connectivity index (χ3v) is 4.69. The molecule has 0 aliphatic rings. The molecule has 2 rings (SSSR count). The number of carbonyl (C=O) groups excluding carboxylic acids is 2. The van der Waals surface area contributed by atoms with E-state index in [9.17, 15) is 9.59 Å². The SMILES string of the molecule is C=CCC(CC=Nc1ccc(C(=O)NCCC)cn1)NC(=O)c1cccc(OC)c1C. The van der Waals surface area contributed by atoms with Gasteiger partial charge in [-0.2, -0.15) is 0 Å². The zero-order valence-electron chi connectivity index (χ0n) is 18.4. The highest BCUT2D eigenvalue weighted by Gasteiger charge is 2.15. The van der Waals surface area contributed by atoms with Crippen molar-refractivity contribution in [1.29, 1.82) is 0 Å². The minimum atomic E-state index is -0.169. The van der Waals surface area contributed by atoms with E-state index in [1.54, 1.807) is 43.7 Å². The molecule has 1 aromatic carbocycles. The summed E-state index contributed by atoms with van der Waals surface area (Å²) in [5, 5.41) is 5.83. The monoisotopic (exact) mass is 422 g/mol. The van der Waals surface area contributed by atoms with Crippen LogP contribution in [0.15, 0.2) is 54.2 Å². The summed E-state index contributed by atoms with van der Waals surface area (Å²) >= 11 is 0. The number of aliphatic imine (C=N–C) groups is 1. The summed E-state index contributed by atoms with van der Waals surface area (Å²) < 4.78 is 5.30. The zero-order chi connectivity index (χ0) is 22.6. The van der Waals surface area contributed by atoms with E-state index in [1.807, 2.05) is 19.9 Å². The van der Waals surface area contributed by atoms with E-state index in [0.29, 0.717) is 42.1 Å². The van der Waals surface area contributed by atoms with Gasteiger partial charge in [-0.1, -0.05) is 19.1 Å². The fourth-order valence-corrected chi connectivity index (χ4v) is 2.97. The van der Waals surface area contributed by atoms with Crippen LogP contribution in [0.3, 0.4) is 0 Å². The predicted octanol–water partition coefficient (Wildman–Crippen LogP) is 4.01. The van der Waals surface area contributed by atoms with Crippen LogP contribution in [0.25, 0.3) is 0 Å². The van der Waals surface area contributed by atoms with Gasteiger partial charge < -0.3 is 15.4 Å². The Bertz CT molecular complexity index is 923. The van der Waals surface area contributed by atoms with E-state index in [2.05, 4.69) is 27.2 Å². The molecule has 1 unspecified atom stereocenters. The van der Waals surface area contributed by atoms with Crippen molar-refractivity contribution in [2.24, 2.45) is 4.99 Å². The minimum Gasteiger partial charge on any atom is -0.496 e. The molecular weight excluding hydrogens is 392 g/mol. The van der Waals surface area contributed by atoms with Gasteiger partial charge in [-0.05, 0) is 44.0 Å². The number of rotatable bonds is 11. The van der Waals surface area contributed by atoms with Crippen LogP contribution in [0.1, 0.15) is 52.5 Å². The number of hydrogen-bond acceptors (Lipinski definition) is 5. The summed E-state index contributed by atoms with van der Waals surface area (Å²) in [7, 11) is 1.58. The molecule has 0 radical (unpaired) electrons. The smallest absolute Gasteiger partial charge is 0.252 e. The van der Waals surface area contributed by atoms with Crippen LogP contribution in [0, 0.1) is 6.92 Å². The molecule has 0 saturated carbocycles. The Labute approximate surface area is 183 Å². The van der Waals surface area contributed by atoms with Crippen LogP contribution in [0.4, 0.5) is 5.82 Å². The average Bonchev–Trinajstić information content (AvgIpc) is 2.78. The molecule has 0 fully saturated rings. The normalized spacial score (nSPS) is 11.7. The second kappa shape index (κ2) is 12.3. The highest BCUT2D eigenvalue weighted by Crippen LogP contribution is 2.21. The van der Waals surface area contributed by atoms with Gasteiger partial charge in [0, 0.05) is 42.5 Å². The van der Waals surface area contributed by atoms with E-state index in [4.69, 9.17) is 4.74 Å². The highest BCUT2D eigenvalue weighted by atomic mass is 16.5. The van der Waals surface area contributed by atoms with E-state index in [0.717, 1.165) is 12.0 Å². The number of carbonyl (C=O) groups is 2. The summed E-state index contributed by atoms with van der Waals surface area (Å²) in [5.74, 6) is 0.857. The third kappa shape index (κ3) is 7.06. The third-order valence-electron chi connectivity index (χ3n) is 4.69. The quantitative estimate of drug-likeness (QED) is 0.423. The fourth-order valence-electron chi connectivity index (χ4n) is 2.97. The lowest BCUT2D eigenvalue weighted by Crippen LogP contribution is -2.35. The van der Waals surface area contributed by atoms with Crippen molar-refractivity contribution in [1.82, 2.24) is 15.6 Å². The van der Waals surface area contributed by atoms with Gasteiger partial charge in [-0.3, -0.25) is 9.59 Å². The Morgan fingerprint density at radius 1 is 1.23 bits per heavy atom. The summed E-state index contributed by atoms with van der Waals surface area (Å²) in [5.41, 5.74) is 1.86. The number of amides is 2. The van der Waals surface area contributed by atoms with Crippen LogP contribution in [0.5, 0.6) is 5.75 Å². The number of nitrogens with zero attached hydrogens (tertiary/aromatic N) is 2. The molecule has 0 saturated heterocycles. The summed E-state index contributed by atoms with van der Waals surface area (Å²) in [6, 6.07) is 8.62. The Balaban J connectivity index is 1.99. The summed E-state index contributed by atoms with van der Waals surface area (Å²) in [4.78, 5) is 33.2. The Kier molecular flexibility index (Phi) is 9.42. The molecule has 7 nitrogen and oxygen atoms in total. The van der Waals surface area contributed by atoms with Crippen molar-refractivity contribution < 1.29 is 14.3 Å². The Morgan fingerprint density at radius 3 is 2.68 bits per heavy atom. The van der Waals surface area contributed by atoms with Crippen LogP contribution >= 0.6 is 0 Å². The first-order valence-corrected chi connectivity index (χ1v) is 10.3. The molecule has 0 bridgehead atoms. The Morgan fingerprint density at radius 2 is 2.03 bits per heavy atom. The van der Waals surface area contributed by atoms with E-state index in [1.165, 1.54) is 6.20 Å². The van der Waals surface area contributed by atoms with Crippen LogP contribution in [-0.4, -0.2) is 42.7 Å². The highest BCUT2D eigenvalue weighted by molar-refractivity contribution is 5.96. The maximum absolute atomic E-state index is 12.7. The van der Waals surface area contributed by atoms with Gasteiger partial charge in [0.05, 0.1) is 12.7 Å². The average molecular weight is 423 g/mol. The Hall–Kier alpha value is -3.48. The maximum atomic E-state index is 12.7. The number of benzene rings is 1. The maximum Gasteiger partial charge on any atom is 0.252 e. The molecule has 1 atom stereocenters. The molecule has 1 heterocycles. The summed E-state index contributed by atoms with van der Waals surface area (Å²) in [6.07, 6.45) is 6.98. The number of methoxy groups -OCH3 is 1. The van der Waals surface area contributed by atoms with Crippen molar-refractivity contribution in [2.45, 2.75) is 39.2 Å². The van der Waals surface area contributed by atoms with E-state index in [-0.39, 0.29) is 17.9 Å². The van der Waals surface area contributed by atoms with E-state index < -0.39 is 0 Å². The van der Waals surface area contributed by atoms with Gasteiger partial charge >= 0.3 is 0 Å². The first kappa shape index (κ1) is 23.8. The van der Waals surface area contributed by atoms with Gasteiger partial charge in [0.2, 0.25) is 0 Å². The van der Waals surface area contributed by atoms with Crippen molar-refractivity contribution in [3.05, 3.63) is 65.9 Å². The molecule has 1 aromatic heterocycles. The second-order valence-electron chi connectivity index (χ2n) is 7.04. The molecule has 0 aliphatic carbocycles. The fraction of sp³-hybridized carbons (Fsp3) is 0.333. The molecule has 164 valence electrons. The minimum absolute atomic E-state index is 0.147. The predicted molar refractivity (Wildman–Crippen MR) is 123 cm³/mol. The molecule has 2 amide bonds. The van der Waals surface area contributed by atoms with Crippen molar-refractivity contribution in [3.8, 4) is 5.75 Å². The van der Waals surface area contributed by atoms with Gasteiger partial charge in [-0.25, -0.2) is 9.98 Å². The lowest BCUT2D eigenvalue weighted by molar-refractivity contribution is 0.0934. The van der Waals surface area contributed by atoms with Gasteiger partial charge in [0.1, 0.15) is 5.75 Å². The van der Waals surface area contributed by atoms with Crippen LogP contribution in [-0.2, 0) is 0 Å². The number of pyridine rings is 1. The summed E-state index contributed by atoms with van der Waals surface area (Å²) in [6.45, 7) is 8.26. The topological polar surface area (TPSA) is 92.7 Å². The van der Waals surface area contributed by atoms with Gasteiger partial charge in [-0.15, -0.1) is 6.58 Å². The van der Waals surface area contributed by atoms with Crippen molar-refractivity contribution in [2.75, 3.05) is 13.7 Å². The largest absolute Gasteiger partial charge is 0.496 e. The molecule has 0 aliphatic heterocycles. The molecule has 2 aromatic rings. The van der Waals surface area contributed by atoms with Crippen molar-refractivity contribution in [3.63, 3.8) is 0 Å². The number of aromatic nitrogens is 1. The van der Waals surface area contributed by atoms with Crippen molar-refractivity contribution >= 4 is 23.8 Å². The van der Waals surface area contributed by atoms with E-state index >= 15 is 0 Å². The molecule has 0 spiro atoms. The second-order valence-corrected chi connectivity index (χ2v) is 7.04. The number of nitrogens with one attached hydrogen (secondary N) is 2. The first-order chi connectivity index (χ1) is 15.0. The molecule has 31 heavy (non-hydrogen) atoms. The lowest BCUT2D eigenvalue weighted by Gasteiger charge is -2.17. The standard InChI is InChI=1S/C24H30N4O3/c1-5-8-19(28-24(30)20-9-7-10-21(31-4)17(20)3)13-15-25-22-12-11-18(16-27-22)23(29)26-14-6-2/h5,7,9-12,15-16,19H,1,6,8,13-14H2,2-4H3,(H,26,29)(H,28,30). The van der Waals surface area contributed by atoms with Gasteiger partial charge in [0.25, 0.3) is 11.8 Å². The molecule has 2 N–H and O–H groups in total. The van der Waals surface area contributed by atoms with Crippen LogP contribution < -0.4 is 15.4 Å². The first-order valence-electron chi connectivity index (χ1n) is 10.3. The van der Waals surface area contributed by atoms with Gasteiger partial charge in [0.15, 0.2) is 5.82 Å². The number of ether oxygens (including phenoxy) is 1. The zero-order valence-corrected chi connectivity index (χ0v) is 18.4. The molecule has 7 heteroatoms.